The highest BCUT2D eigenvalue weighted by Gasteiger charge is 2.47. The minimum absolute atomic E-state index is 0.00788. The van der Waals surface area contributed by atoms with Crippen LogP contribution in [-0.4, -0.2) is 40.9 Å². The van der Waals surface area contributed by atoms with Crippen molar-refractivity contribution in [3.8, 4) is 11.5 Å². The van der Waals surface area contributed by atoms with Crippen LogP contribution in [0.15, 0.2) is 72.6 Å². The van der Waals surface area contributed by atoms with E-state index in [1.165, 1.54) is 43.4 Å². The van der Waals surface area contributed by atoms with Gasteiger partial charge >= 0.3 is 0 Å². The standard InChI is InChI=1S/C25H21FN2O5/c1-32-16-9-10-18(20(12-16)33-2)23(29)21-22(17-7-3-4-8-19(17)26)28(25(31)24(21)30)14-15-6-5-11-27-13-15/h3-13,22,29H,14H2,1-2H3/b23-21+/t22-/m0/s1. The average Bonchev–Trinajstić information content (AvgIpc) is 3.09. The van der Waals surface area contributed by atoms with E-state index in [4.69, 9.17) is 9.47 Å². The molecule has 0 spiro atoms. The first-order valence-corrected chi connectivity index (χ1v) is 10.1. The fourth-order valence-electron chi connectivity index (χ4n) is 3.89. The van der Waals surface area contributed by atoms with Gasteiger partial charge in [-0.05, 0) is 29.8 Å². The van der Waals surface area contributed by atoms with E-state index >= 15 is 0 Å². The maximum absolute atomic E-state index is 14.9. The van der Waals surface area contributed by atoms with Gasteiger partial charge in [0.15, 0.2) is 0 Å². The maximum atomic E-state index is 14.9. The molecule has 1 saturated heterocycles. The van der Waals surface area contributed by atoms with Gasteiger partial charge in [-0.15, -0.1) is 0 Å². The van der Waals surface area contributed by atoms with Gasteiger partial charge in [0.2, 0.25) is 0 Å². The van der Waals surface area contributed by atoms with Crippen molar-refractivity contribution in [3.05, 3.63) is 95.1 Å². The van der Waals surface area contributed by atoms with E-state index in [1.807, 2.05) is 0 Å². The number of nitrogens with zero attached hydrogens (tertiary/aromatic N) is 2. The Bertz CT molecular complexity index is 1240. The van der Waals surface area contributed by atoms with Gasteiger partial charge in [-0.3, -0.25) is 14.6 Å². The van der Waals surface area contributed by atoms with Crippen molar-refractivity contribution in [2.45, 2.75) is 12.6 Å². The highest BCUT2D eigenvalue weighted by Crippen LogP contribution is 2.42. The van der Waals surface area contributed by atoms with Gasteiger partial charge in [0.25, 0.3) is 11.7 Å². The lowest BCUT2D eigenvalue weighted by atomic mass is 9.94. The number of aliphatic hydroxyl groups is 1. The lowest BCUT2D eigenvalue weighted by Crippen LogP contribution is -2.29. The second-order valence-corrected chi connectivity index (χ2v) is 7.38. The summed E-state index contributed by atoms with van der Waals surface area (Å²) in [6.07, 6.45) is 3.14. The van der Waals surface area contributed by atoms with Crippen LogP contribution in [0.2, 0.25) is 0 Å². The molecule has 1 N–H and O–H groups in total. The van der Waals surface area contributed by atoms with Crippen LogP contribution < -0.4 is 9.47 Å². The molecule has 1 aliphatic rings. The molecule has 1 aromatic heterocycles. The quantitative estimate of drug-likeness (QED) is 0.350. The maximum Gasteiger partial charge on any atom is 0.295 e. The first-order chi connectivity index (χ1) is 16.0. The van der Waals surface area contributed by atoms with Crippen molar-refractivity contribution >= 4 is 17.4 Å². The molecule has 1 amide bonds. The van der Waals surface area contributed by atoms with Crippen molar-refractivity contribution in [2.24, 2.45) is 0 Å². The van der Waals surface area contributed by atoms with E-state index in [1.54, 1.807) is 42.7 Å². The van der Waals surface area contributed by atoms with Gasteiger partial charge in [0.05, 0.1) is 31.4 Å². The molecule has 0 aliphatic carbocycles. The molecule has 0 radical (unpaired) electrons. The van der Waals surface area contributed by atoms with Crippen LogP contribution >= 0.6 is 0 Å². The van der Waals surface area contributed by atoms with Crippen molar-refractivity contribution in [1.29, 1.82) is 0 Å². The Morgan fingerprint density at radius 1 is 1.09 bits per heavy atom. The fraction of sp³-hybridized carbons (Fsp3) is 0.160. The predicted octanol–water partition coefficient (Wildman–Crippen LogP) is 3.86. The molecular formula is C25H21FN2O5. The van der Waals surface area contributed by atoms with Gasteiger partial charge in [0, 0.05) is 30.6 Å². The molecule has 0 bridgehead atoms. The van der Waals surface area contributed by atoms with E-state index in [0.717, 1.165) is 0 Å². The van der Waals surface area contributed by atoms with Crippen LogP contribution in [0.5, 0.6) is 11.5 Å². The molecular weight excluding hydrogens is 427 g/mol. The van der Waals surface area contributed by atoms with E-state index < -0.39 is 29.3 Å². The van der Waals surface area contributed by atoms with Crippen molar-refractivity contribution in [2.75, 3.05) is 14.2 Å². The molecule has 2 heterocycles. The number of methoxy groups -OCH3 is 2. The second-order valence-electron chi connectivity index (χ2n) is 7.38. The van der Waals surface area contributed by atoms with Crippen molar-refractivity contribution in [3.63, 3.8) is 0 Å². The van der Waals surface area contributed by atoms with E-state index in [9.17, 15) is 19.1 Å². The zero-order chi connectivity index (χ0) is 23.5. The summed E-state index contributed by atoms with van der Waals surface area (Å²) < 4.78 is 25.4. The van der Waals surface area contributed by atoms with Crippen molar-refractivity contribution in [1.82, 2.24) is 9.88 Å². The number of ether oxygens (including phenoxy) is 2. The summed E-state index contributed by atoms with van der Waals surface area (Å²) in [5, 5.41) is 11.2. The number of carbonyl (C=O) groups is 2. The lowest BCUT2D eigenvalue weighted by Gasteiger charge is -2.25. The monoisotopic (exact) mass is 448 g/mol. The van der Waals surface area contributed by atoms with Crippen LogP contribution in [0.3, 0.4) is 0 Å². The SMILES string of the molecule is COc1ccc(/C(O)=C2\C(=O)C(=O)N(Cc3cccnc3)[C@H]2c2ccccc2F)c(OC)c1. The van der Waals surface area contributed by atoms with Crippen LogP contribution in [-0.2, 0) is 16.1 Å². The molecule has 33 heavy (non-hydrogen) atoms. The number of ketones is 1. The largest absolute Gasteiger partial charge is 0.507 e. The minimum atomic E-state index is -1.14. The topological polar surface area (TPSA) is 89.0 Å². The van der Waals surface area contributed by atoms with Gasteiger partial charge in [-0.1, -0.05) is 24.3 Å². The number of carbonyl (C=O) groups excluding carboxylic acids is 2. The number of halogens is 1. The van der Waals surface area contributed by atoms with E-state index in [-0.39, 0.29) is 29.0 Å². The Morgan fingerprint density at radius 3 is 2.55 bits per heavy atom. The Hall–Kier alpha value is -4.20. The van der Waals surface area contributed by atoms with Crippen LogP contribution in [0.1, 0.15) is 22.7 Å². The van der Waals surface area contributed by atoms with Crippen LogP contribution in [0, 0.1) is 5.82 Å². The summed E-state index contributed by atoms with van der Waals surface area (Å²) in [4.78, 5) is 31.4. The Kier molecular flexibility index (Phi) is 6.08. The summed E-state index contributed by atoms with van der Waals surface area (Å²) >= 11 is 0. The third kappa shape index (κ3) is 4.03. The molecule has 1 aliphatic heterocycles. The summed E-state index contributed by atoms with van der Waals surface area (Å²) in [7, 11) is 2.89. The highest BCUT2D eigenvalue weighted by molar-refractivity contribution is 6.46. The Labute approximate surface area is 189 Å². The van der Waals surface area contributed by atoms with Crippen molar-refractivity contribution < 1.29 is 28.6 Å². The van der Waals surface area contributed by atoms with Gasteiger partial charge < -0.3 is 19.5 Å². The molecule has 1 atom stereocenters. The average molecular weight is 448 g/mol. The van der Waals surface area contributed by atoms with Gasteiger partial charge in [0.1, 0.15) is 23.1 Å². The molecule has 2 aromatic carbocycles. The molecule has 3 aromatic rings. The van der Waals surface area contributed by atoms with Crippen LogP contribution in [0.25, 0.3) is 5.76 Å². The third-order valence-electron chi connectivity index (χ3n) is 5.48. The molecule has 0 unspecified atom stereocenters. The summed E-state index contributed by atoms with van der Waals surface area (Å²) in [6, 6.07) is 12.8. The zero-order valence-corrected chi connectivity index (χ0v) is 18.0. The predicted molar refractivity (Wildman–Crippen MR) is 118 cm³/mol. The van der Waals surface area contributed by atoms with E-state index in [2.05, 4.69) is 4.98 Å². The fourth-order valence-corrected chi connectivity index (χ4v) is 3.89. The number of pyridine rings is 1. The number of amides is 1. The second kappa shape index (κ2) is 9.12. The van der Waals surface area contributed by atoms with Gasteiger partial charge in [-0.2, -0.15) is 0 Å². The molecule has 0 saturated carbocycles. The molecule has 168 valence electrons. The number of Topliss-reactive ketones (excluding diaryl/α,β-unsaturated/α-hetero) is 1. The number of likely N-dealkylation sites (tertiary alicyclic amines) is 1. The first kappa shape index (κ1) is 22.0. The third-order valence-corrected chi connectivity index (χ3v) is 5.48. The number of hydrogen-bond donors (Lipinski definition) is 1. The molecule has 8 heteroatoms. The number of hydrogen-bond acceptors (Lipinski definition) is 6. The number of aliphatic hydroxyl groups excluding tert-OH is 1. The number of aromatic nitrogens is 1. The first-order valence-electron chi connectivity index (χ1n) is 10.1. The Morgan fingerprint density at radius 2 is 1.88 bits per heavy atom. The summed E-state index contributed by atoms with van der Waals surface area (Å²) in [5.41, 5.74) is 0.703. The lowest BCUT2D eigenvalue weighted by molar-refractivity contribution is -0.140. The summed E-state index contributed by atoms with van der Waals surface area (Å²) in [6.45, 7) is 0.00788. The molecule has 4 rings (SSSR count). The Balaban J connectivity index is 1.91. The van der Waals surface area contributed by atoms with Gasteiger partial charge in [-0.25, -0.2) is 4.39 Å². The molecule has 7 nitrogen and oxygen atoms in total. The smallest absolute Gasteiger partial charge is 0.295 e. The zero-order valence-electron chi connectivity index (χ0n) is 18.0. The number of rotatable bonds is 6. The van der Waals surface area contributed by atoms with Crippen LogP contribution in [0.4, 0.5) is 4.39 Å². The van der Waals surface area contributed by atoms with E-state index in [0.29, 0.717) is 11.3 Å². The minimum Gasteiger partial charge on any atom is -0.507 e. The normalized spacial score (nSPS) is 17.3. The molecule has 1 fully saturated rings. The number of benzene rings is 2. The highest BCUT2D eigenvalue weighted by atomic mass is 19.1. The summed E-state index contributed by atoms with van der Waals surface area (Å²) in [5.74, 6) is -2.12.